The summed E-state index contributed by atoms with van der Waals surface area (Å²) in [6, 6.07) is 15.2. The molecule has 2 bridgehead atoms. The van der Waals surface area contributed by atoms with Crippen LogP contribution in [0.1, 0.15) is 25.7 Å². The highest BCUT2D eigenvalue weighted by molar-refractivity contribution is 9.09. The van der Waals surface area contributed by atoms with Gasteiger partial charge in [-0.3, -0.25) is 14.4 Å². The zero-order valence-corrected chi connectivity index (χ0v) is 22.7. The van der Waals surface area contributed by atoms with Gasteiger partial charge in [0.05, 0.1) is 25.0 Å². The third kappa shape index (κ3) is 4.69. The van der Waals surface area contributed by atoms with Crippen LogP contribution >= 0.6 is 15.9 Å². The van der Waals surface area contributed by atoms with Crippen LogP contribution in [0.3, 0.4) is 0 Å². The van der Waals surface area contributed by atoms with E-state index in [2.05, 4.69) is 26.6 Å². The summed E-state index contributed by atoms with van der Waals surface area (Å²) < 4.78 is 11.7. The number of aliphatic hydroxyl groups is 1. The molecule has 202 valence electrons. The molecule has 5 rings (SSSR count). The van der Waals surface area contributed by atoms with Crippen LogP contribution in [0.2, 0.25) is 0 Å². The molecule has 3 fully saturated rings. The molecule has 2 aromatic carbocycles. The normalized spacial score (nSPS) is 29.3. The van der Waals surface area contributed by atoms with Gasteiger partial charge in [0, 0.05) is 29.4 Å². The van der Waals surface area contributed by atoms with Crippen molar-refractivity contribution >= 4 is 45.0 Å². The van der Waals surface area contributed by atoms with Gasteiger partial charge in [-0.2, -0.15) is 0 Å². The molecule has 3 saturated heterocycles. The fourth-order valence-electron chi connectivity index (χ4n) is 6.17. The van der Waals surface area contributed by atoms with E-state index < -0.39 is 29.6 Å². The summed E-state index contributed by atoms with van der Waals surface area (Å²) in [5.74, 6) is -1.72. The smallest absolute Gasteiger partial charge is 0.250 e. The zero-order chi connectivity index (χ0) is 26.9. The van der Waals surface area contributed by atoms with E-state index in [-0.39, 0.29) is 29.2 Å². The van der Waals surface area contributed by atoms with E-state index in [1.165, 1.54) is 0 Å². The minimum Gasteiger partial charge on any atom is -0.497 e. The second-order valence-corrected chi connectivity index (χ2v) is 11.2. The number of ether oxygens (including phenoxy) is 2. The van der Waals surface area contributed by atoms with E-state index in [4.69, 9.17) is 9.47 Å². The number of amides is 3. The Hall–Kier alpha value is -2.95. The number of methoxy groups -OCH3 is 1. The molecule has 0 aromatic heterocycles. The predicted molar refractivity (Wildman–Crippen MR) is 145 cm³/mol. The number of halogens is 1. The molecule has 2 aromatic rings. The lowest BCUT2D eigenvalue weighted by molar-refractivity contribution is -0.139. The van der Waals surface area contributed by atoms with E-state index in [0.29, 0.717) is 49.4 Å². The van der Waals surface area contributed by atoms with Gasteiger partial charge in [0.2, 0.25) is 17.7 Å². The number of aliphatic hydroxyl groups excluding tert-OH is 1. The van der Waals surface area contributed by atoms with Crippen LogP contribution in [0, 0.1) is 11.8 Å². The number of nitrogens with zero attached hydrogens (tertiary/aromatic N) is 1. The summed E-state index contributed by atoms with van der Waals surface area (Å²) in [6.45, 7) is 0.408. The number of fused-ring (bicyclic) bond motifs is 1. The molecule has 3 unspecified atom stereocenters. The number of anilines is 2. The first-order chi connectivity index (χ1) is 18.4. The molecule has 10 heteroatoms. The number of benzene rings is 2. The van der Waals surface area contributed by atoms with E-state index in [1.807, 2.05) is 18.2 Å². The maximum atomic E-state index is 14.0. The van der Waals surface area contributed by atoms with Crippen LogP contribution < -0.4 is 15.4 Å². The summed E-state index contributed by atoms with van der Waals surface area (Å²) in [7, 11) is 1.57. The quantitative estimate of drug-likeness (QED) is 0.291. The third-order valence-electron chi connectivity index (χ3n) is 7.80. The van der Waals surface area contributed by atoms with Crippen molar-refractivity contribution in [3.05, 3.63) is 54.6 Å². The van der Waals surface area contributed by atoms with E-state index >= 15 is 0 Å². The summed E-state index contributed by atoms with van der Waals surface area (Å²) in [5.41, 5.74) is 0.0903. The molecular weight excluding hydrogens is 554 g/mol. The van der Waals surface area contributed by atoms with Crippen molar-refractivity contribution in [2.75, 3.05) is 30.9 Å². The van der Waals surface area contributed by atoms with Gasteiger partial charge in [-0.15, -0.1) is 0 Å². The van der Waals surface area contributed by atoms with Crippen molar-refractivity contribution in [2.45, 2.75) is 48.3 Å². The summed E-state index contributed by atoms with van der Waals surface area (Å²) >= 11 is 3.69. The van der Waals surface area contributed by atoms with Gasteiger partial charge in [-0.1, -0.05) is 34.1 Å². The number of carbonyl (C=O) groups is 3. The first kappa shape index (κ1) is 26.6. The van der Waals surface area contributed by atoms with Crippen LogP contribution in [0.15, 0.2) is 54.6 Å². The van der Waals surface area contributed by atoms with Crippen molar-refractivity contribution in [3.8, 4) is 5.75 Å². The van der Waals surface area contributed by atoms with Crippen LogP contribution in [-0.4, -0.2) is 70.6 Å². The van der Waals surface area contributed by atoms with Crippen LogP contribution in [0.5, 0.6) is 5.75 Å². The predicted octanol–water partition coefficient (Wildman–Crippen LogP) is 3.18. The van der Waals surface area contributed by atoms with Gasteiger partial charge in [-0.05, 0) is 62.1 Å². The minimum absolute atomic E-state index is 0.0691. The molecule has 6 atom stereocenters. The molecular formula is C28H32BrN3O6. The number of likely N-dealkylation sites (tertiary alicyclic amines) is 1. The minimum atomic E-state index is -1.12. The average molecular weight is 586 g/mol. The molecule has 1 spiro atoms. The van der Waals surface area contributed by atoms with Gasteiger partial charge in [0.25, 0.3) is 0 Å². The number of para-hydroxylation sites is 1. The lowest BCUT2D eigenvalue weighted by Crippen LogP contribution is -2.54. The third-order valence-corrected chi connectivity index (χ3v) is 8.64. The van der Waals surface area contributed by atoms with Crippen LogP contribution in [-0.2, 0) is 19.1 Å². The maximum absolute atomic E-state index is 14.0. The van der Waals surface area contributed by atoms with Crippen molar-refractivity contribution in [3.63, 3.8) is 0 Å². The van der Waals surface area contributed by atoms with Crippen LogP contribution in [0.4, 0.5) is 11.4 Å². The Morgan fingerprint density at radius 3 is 2.42 bits per heavy atom. The van der Waals surface area contributed by atoms with Gasteiger partial charge in [-0.25, -0.2) is 0 Å². The molecule has 3 aliphatic heterocycles. The lowest BCUT2D eigenvalue weighted by Gasteiger charge is -2.34. The fourth-order valence-corrected chi connectivity index (χ4v) is 7.12. The second-order valence-electron chi connectivity index (χ2n) is 10.1. The highest BCUT2D eigenvalue weighted by Crippen LogP contribution is 2.60. The average Bonchev–Trinajstić information content (AvgIpc) is 3.51. The van der Waals surface area contributed by atoms with Gasteiger partial charge in [0.1, 0.15) is 17.4 Å². The molecule has 3 heterocycles. The molecule has 0 radical (unpaired) electrons. The molecule has 0 saturated carbocycles. The van der Waals surface area contributed by atoms with E-state index in [0.717, 1.165) is 0 Å². The van der Waals surface area contributed by atoms with E-state index in [9.17, 15) is 19.5 Å². The Bertz CT molecular complexity index is 1180. The molecule has 3 aliphatic rings. The van der Waals surface area contributed by atoms with Gasteiger partial charge >= 0.3 is 0 Å². The first-order valence-corrected chi connectivity index (χ1v) is 13.8. The number of hydrogen-bond donors (Lipinski definition) is 3. The van der Waals surface area contributed by atoms with Crippen LogP contribution in [0.25, 0.3) is 0 Å². The summed E-state index contributed by atoms with van der Waals surface area (Å²) in [5, 5.41) is 15.1. The highest BCUT2D eigenvalue weighted by atomic mass is 79.9. The lowest BCUT2D eigenvalue weighted by atomic mass is 9.70. The largest absolute Gasteiger partial charge is 0.497 e. The fraction of sp³-hybridized carbons (Fsp3) is 0.464. The summed E-state index contributed by atoms with van der Waals surface area (Å²) in [6.07, 6.45) is 1.87. The molecule has 9 nitrogen and oxygen atoms in total. The monoisotopic (exact) mass is 585 g/mol. The summed E-state index contributed by atoms with van der Waals surface area (Å²) in [4.78, 5) is 42.8. The number of rotatable bonds is 10. The Kier molecular flexibility index (Phi) is 7.74. The Morgan fingerprint density at radius 1 is 1.05 bits per heavy atom. The number of carbonyl (C=O) groups excluding carboxylic acids is 3. The van der Waals surface area contributed by atoms with Gasteiger partial charge < -0.3 is 30.1 Å². The van der Waals surface area contributed by atoms with E-state index in [1.54, 1.807) is 48.4 Å². The number of unbranched alkanes of at least 4 members (excludes halogenated alkanes) is 2. The molecule has 3 amide bonds. The highest BCUT2D eigenvalue weighted by Gasteiger charge is 2.76. The van der Waals surface area contributed by atoms with Gasteiger partial charge in [0.15, 0.2) is 0 Å². The molecule has 0 aliphatic carbocycles. The Balaban J connectivity index is 1.45. The number of alkyl halides is 1. The van der Waals surface area contributed by atoms with Crippen molar-refractivity contribution in [1.29, 1.82) is 0 Å². The van der Waals surface area contributed by atoms with Crippen molar-refractivity contribution in [2.24, 2.45) is 11.8 Å². The van der Waals surface area contributed by atoms with Crippen molar-refractivity contribution < 1.29 is 29.0 Å². The number of hydrogen-bond acceptors (Lipinski definition) is 6. The Labute approximate surface area is 230 Å². The Morgan fingerprint density at radius 2 is 1.74 bits per heavy atom. The SMILES string of the molecule is COc1ccc(NC(=O)C2N(CCCCCO)C(=O)[C@@H]3[C@H](C(=O)Nc4ccccc4)[C@H]4OC23CC4Br)cc1. The molecule has 3 N–H and O–H groups in total. The first-order valence-electron chi connectivity index (χ1n) is 12.9. The van der Waals surface area contributed by atoms with Crippen molar-refractivity contribution in [1.82, 2.24) is 4.90 Å². The topological polar surface area (TPSA) is 117 Å². The standard InChI is InChI=1S/C28H32BrN3O6/c1-37-19-12-10-18(11-13-19)31-26(35)24-28-16-20(29)23(38-28)21(25(34)30-17-8-4-2-5-9-17)22(28)27(36)32(24)14-6-3-7-15-33/h2,4-5,8-13,20-24,33H,3,6-7,14-16H2,1H3,(H,30,34)(H,31,35)/t20?,21-,22-,23-,24?,28?/m0/s1. The second kappa shape index (κ2) is 11.0. The zero-order valence-electron chi connectivity index (χ0n) is 21.1. The molecule has 38 heavy (non-hydrogen) atoms. The maximum Gasteiger partial charge on any atom is 0.250 e. The number of nitrogens with one attached hydrogen (secondary N) is 2.